The van der Waals surface area contributed by atoms with E-state index in [4.69, 9.17) is 23.2 Å². The van der Waals surface area contributed by atoms with E-state index >= 15 is 0 Å². The molecule has 4 aromatic rings. The Kier molecular flexibility index (Phi) is 12.5. The van der Waals surface area contributed by atoms with Crippen LogP contribution in [0.1, 0.15) is 25.0 Å². The normalized spacial score (nSPS) is 14.6. The van der Waals surface area contributed by atoms with Gasteiger partial charge in [-0.15, -0.1) is 23.2 Å². The molecule has 2 unspecified atom stereocenters. The number of aryl methyl sites for hydroxylation is 2. The van der Waals surface area contributed by atoms with E-state index in [0.717, 1.165) is 20.1 Å². The molecule has 2 atom stereocenters. The summed E-state index contributed by atoms with van der Waals surface area (Å²) in [6.45, 7) is 7.35. The number of sulfonamides is 2. The van der Waals surface area contributed by atoms with Crippen LogP contribution in [0.4, 0.5) is 11.4 Å². The number of rotatable bonds is 14. The van der Waals surface area contributed by atoms with E-state index < -0.39 is 29.8 Å². The van der Waals surface area contributed by atoms with Gasteiger partial charge in [-0.25, -0.2) is 16.8 Å². The smallest absolute Gasteiger partial charge is 0.264 e. The van der Waals surface area contributed by atoms with Crippen molar-refractivity contribution in [2.75, 3.05) is 33.2 Å². The molecular weight excluding hydrogens is 827 g/mol. The lowest BCUT2D eigenvalue weighted by molar-refractivity contribution is 0.583. The Hall–Kier alpha value is -1.73. The predicted molar refractivity (Wildman–Crippen MR) is 206 cm³/mol. The van der Waals surface area contributed by atoms with Gasteiger partial charge in [0, 0.05) is 20.5 Å². The largest absolute Gasteiger partial charge is 0.265 e. The summed E-state index contributed by atoms with van der Waals surface area (Å²) in [7, 11) is -7.91. The third-order valence-electron chi connectivity index (χ3n) is 7.16. The van der Waals surface area contributed by atoms with Crippen LogP contribution in [-0.4, -0.2) is 51.2 Å². The molecule has 0 saturated carbocycles. The van der Waals surface area contributed by atoms with E-state index in [2.05, 4.69) is 31.9 Å². The standard InChI is InChI=1S/C34H36Br2Cl2N2O4S3/c1-25-11-15-31(16-12-25)46(41,42)39(29-9-5-7-27(35)19-29)21-33(3,37)23-45-24-34(4,38)22-40(30-10-6-8-28(36)20-30)47(43,44)32-17-13-26(2)14-18-32/h5-20H,21-24H2,1-4H3. The monoisotopic (exact) mass is 860 g/mol. The van der Waals surface area contributed by atoms with Crippen LogP contribution in [0, 0.1) is 13.8 Å². The van der Waals surface area contributed by atoms with Crippen molar-refractivity contribution in [1.29, 1.82) is 0 Å². The van der Waals surface area contributed by atoms with Gasteiger partial charge >= 0.3 is 0 Å². The first kappa shape index (κ1) is 38.1. The maximum absolute atomic E-state index is 13.9. The minimum Gasteiger partial charge on any atom is -0.265 e. The molecule has 0 saturated heterocycles. The van der Waals surface area contributed by atoms with Crippen molar-refractivity contribution in [3.8, 4) is 0 Å². The molecule has 13 heteroatoms. The molecule has 0 aliphatic rings. The Balaban J connectivity index is 1.54. The fourth-order valence-corrected chi connectivity index (χ4v) is 10.6. The number of nitrogens with zero attached hydrogens (tertiary/aromatic N) is 2. The number of hydrogen-bond acceptors (Lipinski definition) is 5. The molecule has 0 aliphatic heterocycles. The van der Waals surface area contributed by atoms with Gasteiger partial charge in [-0.2, -0.15) is 11.8 Å². The van der Waals surface area contributed by atoms with Gasteiger partial charge in [0.2, 0.25) is 0 Å². The van der Waals surface area contributed by atoms with Crippen LogP contribution in [-0.2, 0) is 20.0 Å². The van der Waals surface area contributed by atoms with E-state index in [-0.39, 0.29) is 22.9 Å². The van der Waals surface area contributed by atoms with Crippen molar-refractivity contribution < 1.29 is 16.8 Å². The Morgan fingerprint density at radius 2 is 0.957 bits per heavy atom. The second kappa shape index (κ2) is 15.4. The van der Waals surface area contributed by atoms with Crippen LogP contribution in [0.5, 0.6) is 0 Å². The maximum Gasteiger partial charge on any atom is 0.264 e. The summed E-state index contributed by atoms with van der Waals surface area (Å²) >= 11 is 22.5. The highest BCUT2D eigenvalue weighted by molar-refractivity contribution is 9.10. The second-order valence-electron chi connectivity index (χ2n) is 11.9. The quantitative estimate of drug-likeness (QED) is 0.118. The zero-order valence-electron chi connectivity index (χ0n) is 26.3. The fourth-order valence-electron chi connectivity index (χ4n) is 4.73. The minimum absolute atomic E-state index is 0.0147. The highest BCUT2D eigenvalue weighted by atomic mass is 79.9. The van der Waals surface area contributed by atoms with Crippen LogP contribution in [0.25, 0.3) is 0 Å². The molecule has 0 bridgehead atoms. The molecule has 0 N–H and O–H groups in total. The van der Waals surface area contributed by atoms with Gasteiger partial charge in [-0.1, -0.05) is 79.4 Å². The molecule has 252 valence electrons. The van der Waals surface area contributed by atoms with Gasteiger partial charge in [0.1, 0.15) is 0 Å². The summed E-state index contributed by atoms with van der Waals surface area (Å²) in [5.74, 6) is 0.679. The van der Waals surface area contributed by atoms with Crippen molar-refractivity contribution in [3.63, 3.8) is 0 Å². The molecular formula is C34H36Br2Cl2N2O4S3. The molecule has 0 heterocycles. The second-order valence-corrected chi connectivity index (χ2v) is 20.3. The first-order valence-corrected chi connectivity index (χ1v) is 20.9. The molecule has 0 aliphatic carbocycles. The van der Waals surface area contributed by atoms with Crippen molar-refractivity contribution in [3.05, 3.63) is 117 Å². The van der Waals surface area contributed by atoms with Crippen molar-refractivity contribution in [2.45, 2.75) is 47.2 Å². The molecule has 6 nitrogen and oxygen atoms in total. The number of thioether (sulfide) groups is 1. The highest BCUT2D eigenvalue weighted by Gasteiger charge is 2.36. The van der Waals surface area contributed by atoms with Gasteiger partial charge in [0.15, 0.2) is 0 Å². The number of halogens is 4. The number of benzene rings is 4. The SMILES string of the molecule is Cc1ccc(S(=O)(=O)N(CC(C)(Cl)CSCC(C)(Cl)CN(c2cccc(Br)c2)S(=O)(=O)c2ccc(C)cc2)c2cccc(Br)c2)cc1. The summed E-state index contributed by atoms with van der Waals surface area (Å²) in [4.78, 5) is -1.68. The average Bonchev–Trinajstić information content (AvgIpc) is 2.99. The van der Waals surface area contributed by atoms with Gasteiger partial charge < -0.3 is 0 Å². The third kappa shape index (κ3) is 10.2. The van der Waals surface area contributed by atoms with Crippen LogP contribution < -0.4 is 8.61 Å². The summed E-state index contributed by atoms with van der Waals surface area (Å²) in [6.07, 6.45) is 0. The van der Waals surface area contributed by atoms with Gasteiger partial charge in [0.25, 0.3) is 20.0 Å². The lowest BCUT2D eigenvalue weighted by Gasteiger charge is -2.34. The molecule has 4 aromatic carbocycles. The van der Waals surface area contributed by atoms with Crippen LogP contribution in [0.15, 0.2) is 116 Å². The summed E-state index contributed by atoms with van der Waals surface area (Å²) < 4.78 is 59.9. The number of hydrogen-bond donors (Lipinski definition) is 0. The predicted octanol–water partition coefficient (Wildman–Crippen LogP) is 9.65. The Labute approximate surface area is 310 Å². The van der Waals surface area contributed by atoms with E-state index in [1.807, 2.05) is 26.0 Å². The minimum atomic E-state index is -3.95. The summed E-state index contributed by atoms with van der Waals surface area (Å²) in [5.41, 5.74) is 2.85. The first-order valence-electron chi connectivity index (χ1n) is 14.6. The average molecular weight is 864 g/mol. The van der Waals surface area contributed by atoms with Crippen molar-refractivity contribution in [1.82, 2.24) is 0 Å². The molecule has 47 heavy (non-hydrogen) atoms. The van der Waals surface area contributed by atoms with Crippen molar-refractivity contribution >= 4 is 98.2 Å². The first-order chi connectivity index (χ1) is 21.9. The fraction of sp³-hybridized carbons (Fsp3) is 0.294. The molecule has 0 aromatic heterocycles. The molecule has 0 amide bonds. The van der Waals surface area contributed by atoms with Gasteiger partial charge in [0.05, 0.1) is 44.0 Å². The summed E-state index contributed by atoms with van der Waals surface area (Å²) in [6, 6.07) is 27.6. The topological polar surface area (TPSA) is 74.8 Å². The number of alkyl halides is 2. The Morgan fingerprint density at radius 3 is 1.28 bits per heavy atom. The van der Waals surface area contributed by atoms with Crippen LogP contribution in [0.2, 0.25) is 0 Å². The zero-order valence-corrected chi connectivity index (χ0v) is 33.5. The van der Waals surface area contributed by atoms with E-state index in [9.17, 15) is 16.8 Å². The Morgan fingerprint density at radius 1 is 0.617 bits per heavy atom. The summed E-state index contributed by atoms with van der Waals surface area (Å²) in [5, 5.41) is 0. The van der Waals surface area contributed by atoms with Gasteiger partial charge in [-0.05, 0) is 88.4 Å². The van der Waals surface area contributed by atoms with E-state index in [1.54, 1.807) is 98.8 Å². The third-order valence-corrected chi connectivity index (χ3v) is 14.2. The number of anilines is 2. The molecule has 0 spiro atoms. The van der Waals surface area contributed by atoms with Gasteiger partial charge in [-0.3, -0.25) is 8.61 Å². The Bertz CT molecular complexity index is 1770. The highest BCUT2D eigenvalue weighted by Crippen LogP contribution is 2.35. The van der Waals surface area contributed by atoms with Crippen molar-refractivity contribution in [2.24, 2.45) is 0 Å². The van der Waals surface area contributed by atoms with Crippen LogP contribution in [0.3, 0.4) is 0 Å². The molecule has 0 radical (unpaired) electrons. The van der Waals surface area contributed by atoms with E-state index in [0.29, 0.717) is 22.9 Å². The lowest BCUT2D eigenvalue weighted by atomic mass is 10.2. The van der Waals surface area contributed by atoms with Crippen LogP contribution >= 0.6 is 66.8 Å². The molecule has 0 fully saturated rings. The maximum atomic E-state index is 13.9. The van der Waals surface area contributed by atoms with E-state index in [1.165, 1.54) is 20.4 Å². The lowest BCUT2D eigenvalue weighted by Crippen LogP contribution is -2.44. The molecule has 4 rings (SSSR count). The zero-order chi connectivity index (χ0) is 34.6.